The van der Waals surface area contributed by atoms with Crippen molar-refractivity contribution in [1.82, 2.24) is 20.4 Å². The molecule has 28 heavy (non-hydrogen) atoms. The van der Waals surface area contributed by atoms with Gasteiger partial charge >= 0.3 is 0 Å². The van der Waals surface area contributed by atoms with Crippen molar-refractivity contribution < 1.29 is 0 Å². The first-order chi connectivity index (χ1) is 13.5. The van der Waals surface area contributed by atoms with Gasteiger partial charge in [-0.25, -0.2) is 0 Å². The molecule has 0 amide bonds. The van der Waals surface area contributed by atoms with E-state index >= 15 is 0 Å². The van der Waals surface area contributed by atoms with Gasteiger partial charge in [0.1, 0.15) is 0 Å². The third-order valence-electron chi connectivity index (χ3n) is 5.66. The SMILES string of the molecule is CC(C)(C)c1ccc(N2CCN(c3ccc(N4CCCCC4)nn3)CC2)nn1. The third-order valence-corrected chi connectivity index (χ3v) is 5.66. The van der Waals surface area contributed by atoms with Gasteiger partial charge in [0, 0.05) is 44.7 Å². The Labute approximate surface area is 167 Å². The zero-order valence-corrected chi connectivity index (χ0v) is 17.3. The molecule has 0 aromatic carbocycles. The quantitative estimate of drug-likeness (QED) is 0.810. The van der Waals surface area contributed by atoms with Crippen LogP contribution in [-0.4, -0.2) is 59.7 Å². The standard InChI is InChI=1S/C21H31N7/c1-21(2,3)17-7-8-18(23-22-17)27-13-15-28(16-14-27)20-10-9-19(24-25-20)26-11-5-4-6-12-26/h7-10H,4-6,11-16H2,1-3H3. The van der Waals surface area contributed by atoms with Crippen LogP contribution in [0.4, 0.5) is 17.5 Å². The zero-order valence-electron chi connectivity index (χ0n) is 17.3. The highest BCUT2D eigenvalue weighted by Crippen LogP contribution is 2.23. The highest BCUT2D eigenvalue weighted by Gasteiger charge is 2.22. The summed E-state index contributed by atoms with van der Waals surface area (Å²) in [6.45, 7) is 12.3. The maximum Gasteiger partial charge on any atom is 0.151 e. The van der Waals surface area contributed by atoms with Gasteiger partial charge in [0.15, 0.2) is 17.5 Å². The molecule has 150 valence electrons. The Hall–Kier alpha value is -2.44. The number of hydrogen-bond donors (Lipinski definition) is 0. The van der Waals surface area contributed by atoms with E-state index in [4.69, 9.17) is 0 Å². The second-order valence-electron chi connectivity index (χ2n) is 8.80. The molecule has 4 heterocycles. The highest BCUT2D eigenvalue weighted by molar-refractivity contribution is 5.47. The number of anilines is 3. The molecule has 2 aliphatic heterocycles. The molecule has 2 aromatic heterocycles. The summed E-state index contributed by atoms with van der Waals surface area (Å²) in [5, 5.41) is 17.9. The van der Waals surface area contributed by atoms with E-state index in [1.165, 1.54) is 19.3 Å². The van der Waals surface area contributed by atoms with Gasteiger partial charge in [0.2, 0.25) is 0 Å². The summed E-state index contributed by atoms with van der Waals surface area (Å²) in [5.41, 5.74) is 1.06. The first-order valence-corrected chi connectivity index (χ1v) is 10.4. The summed E-state index contributed by atoms with van der Waals surface area (Å²) in [6.07, 6.45) is 3.84. The summed E-state index contributed by atoms with van der Waals surface area (Å²) in [6, 6.07) is 8.43. The van der Waals surface area contributed by atoms with Crippen LogP contribution >= 0.6 is 0 Å². The van der Waals surface area contributed by atoms with Crippen LogP contribution in [0.25, 0.3) is 0 Å². The van der Waals surface area contributed by atoms with Crippen molar-refractivity contribution in [2.75, 3.05) is 54.0 Å². The van der Waals surface area contributed by atoms with Crippen LogP contribution in [-0.2, 0) is 5.41 Å². The molecular weight excluding hydrogens is 350 g/mol. The van der Waals surface area contributed by atoms with E-state index in [1.807, 2.05) is 0 Å². The molecule has 2 saturated heterocycles. The Kier molecular flexibility index (Phi) is 5.33. The van der Waals surface area contributed by atoms with Gasteiger partial charge in [0.05, 0.1) is 5.69 Å². The first-order valence-electron chi connectivity index (χ1n) is 10.4. The normalized spacial score (nSPS) is 18.5. The molecule has 0 saturated carbocycles. The Bertz CT molecular complexity index is 753. The smallest absolute Gasteiger partial charge is 0.151 e. The average Bonchev–Trinajstić information content (AvgIpc) is 2.74. The Morgan fingerprint density at radius 2 is 1.00 bits per heavy atom. The molecule has 7 nitrogen and oxygen atoms in total. The lowest BCUT2D eigenvalue weighted by Crippen LogP contribution is -2.47. The van der Waals surface area contributed by atoms with Crippen LogP contribution in [0.15, 0.2) is 24.3 Å². The van der Waals surface area contributed by atoms with E-state index in [0.717, 1.165) is 62.4 Å². The molecule has 0 radical (unpaired) electrons. The van der Waals surface area contributed by atoms with Crippen LogP contribution in [0.3, 0.4) is 0 Å². The van der Waals surface area contributed by atoms with Crippen molar-refractivity contribution in [2.45, 2.75) is 45.4 Å². The summed E-state index contributed by atoms with van der Waals surface area (Å²) in [4.78, 5) is 6.95. The monoisotopic (exact) mass is 381 g/mol. The van der Waals surface area contributed by atoms with E-state index < -0.39 is 0 Å². The van der Waals surface area contributed by atoms with Crippen LogP contribution in [0.1, 0.15) is 45.7 Å². The molecule has 7 heteroatoms. The molecule has 0 aliphatic carbocycles. The number of hydrogen-bond acceptors (Lipinski definition) is 7. The van der Waals surface area contributed by atoms with Gasteiger partial charge in [0.25, 0.3) is 0 Å². The van der Waals surface area contributed by atoms with Gasteiger partial charge in [-0.1, -0.05) is 20.8 Å². The van der Waals surface area contributed by atoms with Crippen LogP contribution in [0, 0.1) is 0 Å². The average molecular weight is 382 g/mol. The van der Waals surface area contributed by atoms with Crippen molar-refractivity contribution in [3.63, 3.8) is 0 Å². The summed E-state index contributed by atoms with van der Waals surface area (Å²) in [5.74, 6) is 2.94. The Morgan fingerprint density at radius 1 is 0.571 bits per heavy atom. The topological polar surface area (TPSA) is 61.3 Å². The van der Waals surface area contributed by atoms with Crippen LogP contribution in [0.2, 0.25) is 0 Å². The fourth-order valence-electron chi connectivity index (χ4n) is 3.84. The van der Waals surface area contributed by atoms with Crippen molar-refractivity contribution in [3.05, 3.63) is 30.0 Å². The molecular formula is C21H31N7. The number of aromatic nitrogens is 4. The van der Waals surface area contributed by atoms with Crippen LogP contribution < -0.4 is 14.7 Å². The van der Waals surface area contributed by atoms with Crippen molar-refractivity contribution >= 4 is 17.5 Å². The minimum Gasteiger partial charge on any atom is -0.355 e. The molecule has 0 atom stereocenters. The highest BCUT2D eigenvalue weighted by atomic mass is 15.4. The van der Waals surface area contributed by atoms with Crippen molar-refractivity contribution in [2.24, 2.45) is 0 Å². The lowest BCUT2D eigenvalue weighted by Gasteiger charge is -2.36. The number of rotatable bonds is 3. The molecule has 4 rings (SSSR count). The predicted octanol–water partition coefficient (Wildman–Crippen LogP) is 2.88. The largest absolute Gasteiger partial charge is 0.355 e. The molecule has 2 fully saturated rings. The number of piperazine rings is 1. The molecule has 0 unspecified atom stereocenters. The van der Waals surface area contributed by atoms with Gasteiger partial charge in [-0.3, -0.25) is 0 Å². The lowest BCUT2D eigenvalue weighted by atomic mass is 9.92. The van der Waals surface area contributed by atoms with E-state index in [-0.39, 0.29) is 5.41 Å². The predicted molar refractivity (Wildman–Crippen MR) is 113 cm³/mol. The molecule has 0 N–H and O–H groups in total. The van der Waals surface area contributed by atoms with E-state index in [0.29, 0.717) is 0 Å². The minimum absolute atomic E-state index is 0.0310. The minimum atomic E-state index is 0.0310. The van der Waals surface area contributed by atoms with E-state index in [2.05, 4.69) is 80.1 Å². The third kappa shape index (κ3) is 4.18. The van der Waals surface area contributed by atoms with Crippen molar-refractivity contribution in [3.8, 4) is 0 Å². The van der Waals surface area contributed by atoms with Gasteiger partial charge < -0.3 is 14.7 Å². The molecule has 2 aliphatic rings. The molecule has 2 aromatic rings. The Morgan fingerprint density at radius 3 is 1.39 bits per heavy atom. The number of piperidine rings is 1. The maximum atomic E-state index is 4.50. The molecule has 0 bridgehead atoms. The van der Waals surface area contributed by atoms with Gasteiger partial charge in [-0.2, -0.15) is 5.10 Å². The summed E-state index contributed by atoms with van der Waals surface area (Å²) in [7, 11) is 0. The molecule has 0 spiro atoms. The van der Waals surface area contributed by atoms with Crippen molar-refractivity contribution in [1.29, 1.82) is 0 Å². The fraction of sp³-hybridized carbons (Fsp3) is 0.619. The van der Waals surface area contributed by atoms with Crippen LogP contribution in [0.5, 0.6) is 0 Å². The first kappa shape index (κ1) is 18.9. The zero-order chi connectivity index (χ0) is 19.6. The Balaban J connectivity index is 1.35. The summed E-state index contributed by atoms with van der Waals surface area (Å²) < 4.78 is 0. The lowest BCUT2D eigenvalue weighted by molar-refractivity contribution is 0.556. The second kappa shape index (κ2) is 7.89. The second-order valence-corrected chi connectivity index (χ2v) is 8.80. The van der Waals surface area contributed by atoms with E-state index in [9.17, 15) is 0 Å². The van der Waals surface area contributed by atoms with Gasteiger partial charge in [-0.05, 0) is 43.5 Å². The number of nitrogens with zero attached hydrogens (tertiary/aromatic N) is 7. The maximum absolute atomic E-state index is 4.50. The fourth-order valence-corrected chi connectivity index (χ4v) is 3.84. The van der Waals surface area contributed by atoms with E-state index in [1.54, 1.807) is 0 Å². The van der Waals surface area contributed by atoms with Gasteiger partial charge in [-0.15, -0.1) is 15.3 Å². The summed E-state index contributed by atoms with van der Waals surface area (Å²) >= 11 is 0.